The topological polar surface area (TPSA) is 69.1 Å². The number of H-pyrrole nitrogens is 1. The summed E-state index contributed by atoms with van der Waals surface area (Å²) in [6, 6.07) is 7.70. The van der Waals surface area contributed by atoms with Gasteiger partial charge in [-0.1, -0.05) is 11.8 Å². The smallest absolute Gasteiger partial charge is 0.175 e. The number of nitrogens with zero attached hydrogens (tertiary/aromatic N) is 2. The molecule has 6 nitrogen and oxygen atoms in total. The van der Waals surface area contributed by atoms with E-state index in [-0.39, 0.29) is 11.9 Å². The predicted octanol–water partition coefficient (Wildman–Crippen LogP) is 4.14. The lowest BCUT2D eigenvalue weighted by Crippen LogP contribution is -2.17. The van der Waals surface area contributed by atoms with Crippen molar-refractivity contribution < 1.29 is 14.3 Å². The summed E-state index contributed by atoms with van der Waals surface area (Å²) in [4.78, 5) is 20.6. The molecule has 0 bridgehead atoms. The molecule has 1 saturated heterocycles. The number of imidazole rings is 1. The Kier molecular flexibility index (Phi) is 5.46. The van der Waals surface area contributed by atoms with Crippen molar-refractivity contribution in [2.75, 3.05) is 19.5 Å². The number of thioether (sulfide) groups is 1. The summed E-state index contributed by atoms with van der Waals surface area (Å²) in [6.07, 6.45) is 2.47. The zero-order valence-corrected chi connectivity index (χ0v) is 17.3. The van der Waals surface area contributed by atoms with Crippen molar-refractivity contribution in [3.05, 3.63) is 41.2 Å². The Hall–Kier alpha value is -2.25. The first-order valence-corrected chi connectivity index (χ1v) is 10.5. The van der Waals surface area contributed by atoms with Crippen molar-refractivity contribution in [2.24, 2.45) is 0 Å². The molecule has 0 radical (unpaired) electrons. The Morgan fingerprint density at radius 1 is 1.39 bits per heavy atom. The van der Waals surface area contributed by atoms with Crippen LogP contribution in [0.3, 0.4) is 0 Å². The van der Waals surface area contributed by atoms with Gasteiger partial charge in [0, 0.05) is 36.2 Å². The van der Waals surface area contributed by atoms with Gasteiger partial charge in [0.05, 0.1) is 30.0 Å². The molecule has 28 heavy (non-hydrogen) atoms. The number of fused-ring (bicyclic) bond motifs is 1. The van der Waals surface area contributed by atoms with Crippen LogP contribution in [0.15, 0.2) is 29.4 Å². The molecule has 148 valence electrons. The average Bonchev–Trinajstić information content (AvgIpc) is 3.41. The summed E-state index contributed by atoms with van der Waals surface area (Å²) in [5.74, 6) is 1.25. The van der Waals surface area contributed by atoms with Gasteiger partial charge in [-0.15, -0.1) is 0 Å². The van der Waals surface area contributed by atoms with Gasteiger partial charge in [0.15, 0.2) is 10.9 Å². The second-order valence-corrected chi connectivity index (χ2v) is 8.13. The van der Waals surface area contributed by atoms with Crippen molar-refractivity contribution >= 4 is 28.6 Å². The highest BCUT2D eigenvalue weighted by Crippen LogP contribution is 2.25. The fourth-order valence-electron chi connectivity index (χ4n) is 3.73. The molecule has 1 N–H and O–H groups in total. The largest absolute Gasteiger partial charge is 0.497 e. The number of carbonyl (C=O) groups is 1. The normalized spacial score (nSPS) is 16.8. The summed E-state index contributed by atoms with van der Waals surface area (Å²) in [6.45, 7) is 5.74. The fourth-order valence-corrected chi connectivity index (χ4v) is 4.50. The highest BCUT2D eigenvalue weighted by atomic mass is 32.2. The third kappa shape index (κ3) is 3.82. The maximum atomic E-state index is 12.8. The quantitative estimate of drug-likeness (QED) is 0.478. The van der Waals surface area contributed by atoms with E-state index in [4.69, 9.17) is 9.47 Å². The third-order valence-corrected chi connectivity index (χ3v) is 6.16. The fraction of sp³-hybridized carbons (Fsp3) is 0.429. The van der Waals surface area contributed by atoms with Crippen LogP contribution in [-0.4, -0.2) is 45.9 Å². The molecule has 1 aliphatic heterocycles. The van der Waals surface area contributed by atoms with Crippen LogP contribution in [0, 0.1) is 13.8 Å². The Morgan fingerprint density at radius 2 is 2.25 bits per heavy atom. The first kappa shape index (κ1) is 19.1. The number of carbonyl (C=O) groups excluding carboxylic acids is 1. The Labute approximate surface area is 168 Å². The van der Waals surface area contributed by atoms with Crippen LogP contribution in [0.25, 0.3) is 11.0 Å². The summed E-state index contributed by atoms with van der Waals surface area (Å²) in [7, 11) is 1.64. The lowest BCUT2D eigenvalue weighted by atomic mass is 10.2. The summed E-state index contributed by atoms with van der Waals surface area (Å²) < 4.78 is 13.2. The summed E-state index contributed by atoms with van der Waals surface area (Å²) >= 11 is 1.43. The molecule has 3 aromatic rings. The number of ether oxygens (including phenoxy) is 2. The van der Waals surface area contributed by atoms with Gasteiger partial charge < -0.3 is 19.0 Å². The van der Waals surface area contributed by atoms with Gasteiger partial charge in [0.1, 0.15) is 5.75 Å². The van der Waals surface area contributed by atoms with Gasteiger partial charge in [-0.05, 0) is 44.9 Å². The lowest BCUT2D eigenvalue weighted by molar-refractivity contribution is 0.0957. The number of nitrogens with one attached hydrogen (secondary N) is 1. The van der Waals surface area contributed by atoms with Crippen LogP contribution in [0.1, 0.15) is 34.6 Å². The number of hydrogen-bond donors (Lipinski definition) is 1. The SMILES string of the molecule is COc1ccc2nc(SCC(=O)c3cc(C)n(C[C@@H]4CCCO4)c3C)[nH]c2c1. The number of aromatic nitrogens is 3. The second kappa shape index (κ2) is 8.01. The van der Waals surface area contributed by atoms with E-state index in [1.54, 1.807) is 7.11 Å². The third-order valence-electron chi connectivity index (χ3n) is 5.29. The van der Waals surface area contributed by atoms with Crippen LogP contribution in [0.4, 0.5) is 0 Å². The maximum Gasteiger partial charge on any atom is 0.175 e. The monoisotopic (exact) mass is 399 g/mol. The first-order valence-electron chi connectivity index (χ1n) is 9.53. The maximum absolute atomic E-state index is 12.8. The van der Waals surface area contributed by atoms with E-state index < -0.39 is 0 Å². The molecule has 0 aliphatic carbocycles. The molecule has 4 rings (SSSR count). The second-order valence-electron chi connectivity index (χ2n) is 7.17. The zero-order chi connectivity index (χ0) is 19.7. The number of rotatable bonds is 7. The average molecular weight is 400 g/mol. The van der Waals surface area contributed by atoms with E-state index in [0.717, 1.165) is 64.9 Å². The number of Topliss-reactive ketones (excluding diaryl/α,β-unsaturated/α-hetero) is 1. The van der Waals surface area contributed by atoms with E-state index in [1.165, 1.54) is 11.8 Å². The minimum Gasteiger partial charge on any atom is -0.497 e. The standard InChI is InChI=1S/C21H25N3O3S/c1-13-9-17(14(2)24(13)11-16-5-4-8-27-16)20(25)12-28-21-22-18-7-6-15(26-3)10-19(18)23-21/h6-7,9-10,16H,4-5,8,11-12H2,1-3H3,(H,22,23)/t16-/m0/s1. The highest BCUT2D eigenvalue weighted by Gasteiger charge is 2.21. The molecule has 0 saturated carbocycles. The van der Waals surface area contributed by atoms with E-state index in [0.29, 0.717) is 5.75 Å². The number of ketones is 1. The molecular formula is C21H25N3O3S. The van der Waals surface area contributed by atoms with Crippen molar-refractivity contribution in [2.45, 2.75) is 44.5 Å². The molecule has 3 heterocycles. The van der Waals surface area contributed by atoms with Gasteiger partial charge in [0.2, 0.25) is 0 Å². The van der Waals surface area contributed by atoms with Crippen LogP contribution in [0.5, 0.6) is 5.75 Å². The first-order chi connectivity index (χ1) is 13.5. The molecule has 1 aromatic carbocycles. The van der Waals surface area contributed by atoms with Crippen LogP contribution >= 0.6 is 11.8 Å². The number of benzene rings is 1. The summed E-state index contributed by atoms with van der Waals surface area (Å²) in [5, 5.41) is 0.741. The van der Waals surface area contributed by atoms with E-state index in [2.05, 4.69) is 21.5 Å². The molecule has 0 amide bonds. The highest BCUT2D eigenvalue weighted by molar-refractivity contribution is 7.99. The number of methoxy groups -OCH3 is 1. The van der Waals surface area contributed by atoms with Crippen LogP contribution < -0.4 is 4.74 Å². The van der Waals surface area contributed by atoms with Crippen LogP contribution in [-0.2, 0) is 11.3 Å². The molecule has 2 aromatic heterocycles. The molecule has 1 atom stereocenters. The molecule has 7 heteroatoms. The Morgan fingerprint density at radius 3 is 3.00 bits per heavy atom. The molecule has 0 spiro atoms. The Balaban J connectivity index is 1.45. The minimum absolute atomic E-state index is 0.120. The van der Waals surface area contributed by atoms with E-state index >= 15 is 0 Å². The minimum atomic E-state index is 0.120. The van der Waals surface area contributed by atoms with E-state index in [9.17, 15) is 4.79 Å². The van der Waals surface area contributed by atoms with Crippen molar-refractivity contribution in [1.82, 2.24) is 14.5 Å². The van der Waals surface area contributed by atoms with Crippen molar-refractivity contribution in [3.8, 4) is 5.75 Å². The number of hydrogen-bond acceptors (Lipinski definition) is 5. The van der Waals surface area contributed by atoms with Gasteiger partial charge in [-0.2, -0.15) is 0 Å². The number of aryl methyl sites for hydroxylation is 1. The summed E-state index contributed by atoms with van der Waals surface area (Å²) in [5.41, 5.74) is 4.69. The molecule has 1 aliphatic rings. The number of aromatic amines is 1. The lowest BCUT2D eigenvalue weighted by Gasteiger charge is -2.14. The van der Waals surface area contributed by atoms with Crippen molar-refractivity contribution in [3.63, 3.8) is 0 Å². The van der Waals surface area contributed by atoms with Gasteiger partial charge >= 0.3 is 0 Å². The molecule has 1 fully saturated rings. The van der Waals surface area contributed by atoms with Gasteiger partial charge in [-0.25, -0.2) is 4.98 Å². The molecular weight excluding hydrogens is 374 g/mol. The molecule has 0 unspecified atom stereocenters. The Bertz CT molecular complexity index is 1000. The van der Waals surface area contributed by atoms with Crippen molar-refractivity contribution in [1.29, 1.82) is 0 Å². The van der Waals surface area contributed by atoms with Crippen LogP contribution in [0.2, 0.25) is 0 Å². The predicted molar refractivity (Wildman–Crippen MR) is 111 cm³/mol. The van der Waals surface area contributed by atoms with Gasteiger partial charge in [-0.3, -0.25) is 4.79 Å². The zero-order valence-electron chi connectivity index (χ0n) is 16.4. The van der Waals surface area contributed by atoms with E-state index in [1.807, 2.05) is 31.2 Å². The van der Waals surface area contributed by atoms with Gasteiger partial charge in [0.25, 0.3) is 0 Å².